The van der Waals surface area contributed by atoms with E-state index in [-0.39, 0.29) is 5.92 Å². The van der Waals surface area contributed by atoms with Gasteiger partial charge in [0.15, 0.2) is 0 Å². The molecule has 2 unspecified atom stereocenters. The number of hydrogen-bond acceptors (Lipinski definition) is 1. The Labute approximate surface area is 68.0 Å². The lowest BCUT2D eigenvalue weighted by molar-refractivity contribution is 0.574. The molecule has 1 nitrogen and oxygen atoms in total. The van der Waals surface area contributed by atoms with Crippen LogP contribution < -0.4 is 0 Å². The van der Waals surface area contributed by atoms with Gasteiger partial charge < -0.3 is 0 Å². The Hall–Kier alpha value is -1.03. The Kier molecular flexibility index (Phi) is 2.14. The maximum atomic E-state index is 8.74. The molecular weight excluding hydrogens is 134 g/mol. The maximum absolute atomic E-state index is 8.74. The van der Waals surface area contributed by atoms with Crippen LogP contribution in [0.1, 0.15) is 20.8 Å². The van der Waals surface area contributed by atoms with Gasteiger partial charge in [0.2, 0.25) is 0 Å². The summed E-state index contributed by atoms with van der Waals surface area (Å²) in [6, 6.07) is 2.28. The van der Waals surface area contributed by atoms with Crippen LogP contribution in [0.4, 0.5) is 0 Å². The normalized spacial score (nSPS) is 30.4. The zero-order chi connectivity index (χ0) is 8.43. The van der Waals surface area contributed by atoms with Crippen molar-refractivity contribution in [1.82, 2.24) is 0 Å². The van der Waals surface area contributed by atoms with Crippen LogP contribution in [0.15, 0.2) is 23.3 Å². The van der Waals surface area contributed by atoms with E-state index >= 15 is 0 Å². The van der Waals surface area contributed by atoms with Crippen molar-refractivity contribution in [2.24, 2.45) is 11.8 Å². The smallest absolute Gasteiger partial charge is 0.0709 e. The van der Waals surface area contributed by atoms with Crippen molar-refractivity contribution in [3.05, 3.63) is 23.3 Å². The third-order valence-corrected chi connectivity index (χ3v) is 2.55. The molecule has 11 heavy (non-hydrogen) atoms. The minimum atomic E-state index is 0.0821. The first-order valence-corrected chi connectivity index (χ1v) is 3.92. The average molecular weight is 147 g/mol. The summed E-state index contributed by atoms with van der Waals surface area (Å²) >= 11 is 0. The molecule has 0 saturated heterocycles. The lowest BCUT2D eigenvalue weighted by Gasteiger charge is -2.21. The lowest BCUT2D eigenvalue weighted by atomic mass is 9.82. The fraction of sp³-hybridized carbons (Fsp3) is 0.500. The van der Waals surface area contributed by atoms with Gasteiger partial charge in [-0.05, 0) is 19.8 Å². The molecule has 0 aromatic carbocycles. The third-order valence-electron chi connectivity index (χ3n) is 2.55. The van der Waals surface area contributed by atoms with Crippen LogP contribution in [-0.2, 0) is 0 Å². The maximum Gasteiger partial charge on any atom is 0.0709 e. The Morgan fingerprint density at radius 3 is 2.64 bits per heavy atom. The molecule has 0 heterocycles. The summed E-state index contributed by atoms with van der Waals surface area (Å²) in [6.07, 6.45) is 4.04. The predicted molar refractivity (Wildman–Crippen MR) is 45.8 cm³/mol. The zero-order valence-electron chi connectivity index (χ0n) is 7.26. The zero-order valence-corrected chi connectivity index (χ0v) is 7.26. The molecule has 1 aliphatic rings. The van der Waals surface area contributed by atoms with Crippen LogP contribution in [0.25, 0.3) is 0 Å². The molecule has 0 bridgehead atoms. The van der Waals surface area contributed by atoms with E-state index in [0.29, 0.717) is 5.92 Å². The summed E-state index contributed by atoms with van der Waals surface area (Å²) in [5.41, 5.74) is 2.66. The average Bonchev–Trinajstić information content (AvgIpc) is 2.01. The monoisotopic (exact) mass is 147 g/mol. The number of hydrogen-bond donors (Lipinski definition) is 0. The van der Waals surface area contributed by atoms with E-state index in [2.05, 4.69) is 26.8 Å². The van der Waals surface area contributed by atoms with Crippen molar-refractivity contribution in [1.29, 1.82) is 5.26 Å². The number of rotatable bonds is 0. The SMILES string of the molecule is CC1=C(C)C(C)C(C#N)C=C1. The van der Waals surface area contributed by atoms with E-state index in [0.717, 1.165) is 0 Å². The van der Waals surface area contributed by atoms with E-state index < -0.39 is 0 Å². The largest absolute Gasteiger partial charge is 0.198 e. The van der Waals surface area contributed by atoms with Crippen molar-refractivity contribution in [3.8, 4) is 6.07 Å². The van der Waals surface area contributed by atoms with Crippen LogP contribution in [-0.4, -0.2) is 0 Å². The summed E-state index contributed by atoms with van der Waals surface area (Å²) in [4.78, 5) is 0. The molecule has 0 fully saturated rings. The molecule has 0 aromatic rings. The summed E-state index contributed by atoms with van der Waals surface area (Å²) < 4.78 is 0. The highest BCUT2D eigenvalue weighted by atomic mass is 14.3. The highest BCUT2D eigenvalue weighted by molar-refractivity contribution is 5.32. The molecule has 0 radical (unpaired) electrons. The van der Waals surface area contributed by atoms with Crippen molar-refractivity contribution in [3.63, 3.8) is 0 Å². The molecule has 0 aromatic heterocycles. The van der Waals surface area contributed by atoms with Crippen LogP contribution in [0.2, 0.25) is 0 Å². The topological polar surface area (TPSA) is 23.8 Å². The van der Waals surface area contributed by atoms with Crippen LogP contribution in [0.3, 0.4) is 0 Å². The van der Waals surface area contributed by atoms with E-state index in [1.54, 1.807) is 0 Å². The number of allylic oxidation sites excluding steroid dienone is 4. The van der Waals surface area contributed by atoms with Crippen molar-refractivity contribution in [2.45, 2.75) is 20.8 Å². The van der Waals surface area contributed by atoms with Crippen molar-refractivity contribution >= 4 is 0 Å². The molecule has 0 spiro atoms. The standard InChI is InChI=1S/C10H13N/c1-7-4-5-10(6-11)9(3)8(7)2/h4-5,9-10H,1-3H3. The van der Waals surface area contributed by atoms with Gasteiger partial charge in [0.25, 0.3) is 0 Å². The quantitative estimate of drug-likeness (QED) is 0.516. The van der Waals surface area contributed by atoms with Crippen LogP contribution in [0.5, 0.6) is 0 Å². The summed E-state index contributed by atoms with van der Waals surface area (Å²) in [5, 5.41) is 8.74. The second kappa shape index (κ2) is 2.92. The van der Waals surface area contributed by atoms with Gasteiger partial charge in [-0.2, -0.15) is 5.26 Å². The second-order valence-electron chi connectivity index (χ2n) is 3.17. The van der Waals surface area contributed by atoms with Gasteiger partial charge in [-0.3, -0.25) is 0 Å². The first-order valence-electron chi connectivity index (χ1n) is 3.92. The Balaban J connectivity index is 2.93. The summed E-state index contributed by atoms with van der Waals surface area (Å²) in [6.45, 7) is 6.31. The highest BCUT2D eigenvalue weighted by Gasteiger charge is 2.19. The van der Waals surface area contributed by atoms with Gasteiger partial charge in [0.1, 0.15) is 0 Å². The Bertz CT molecular complexity index is 253. The Morgan fingerprint density at radius 2 is 2.09 bits per heavy atom. The predicted octanol–water partition coefficient (Wildman–Crippen LogP) is 2.67. The fourth-order valence-corrected chi connectivity index (χ4v) is 1.33. The first kappa shape index (κ1) is 8.07. The molecule has 0 aliphatic heterocycles. The fourth-order valence-electron chi connectivity index (χ4n) is 1.33. The molecule has 0 amide bonds. The third kappa shape index (κ3) is 1.35. The number of nitriles is 1. The Morgan fingerprint density at radius 1 is 1.45 bits per heavy atom. The molecular formula is C10H13N. The second-order valence-corrected chi connectivity index (χ2v) is 3.17. The van der Waals surface area contributed by atoms with Crippen molar-refractivity contribution in [2.75, 3.05) is 0 Å². The van der Waals surface area contributed by atoms with Gasteiger partial charge in [-0.15, -0.1) is 0 Å². The van der Waals surface area contributed by atoms with E-state index in [9.17, 15) is 0 Å². The molecule has 0 N–H and O–H groups in total. The van der Waals surface area contributed by atoms with Gasteiger partial charge >= 0.3 is 0 Å². The van der Waals surface area contributed by atoms with Gasteiger partial charge in [0.05, 0.1) is 12.0 Å². The molecule has 0 saturated carbocycles. The minimum absolute atomic E-state index is 0.0821. The number of nitrogens with zero attached hydrogens (tertiary/aromatic N) is 1. The highest BCUT2D eigenvalue weighted by Crippen LogP contribution is 2.28. The summed E-state index contributed by atoms with van der Waals surface area (Å²) in [7, 11) is 0. The minimum Gasteiger partial charge on any atom is -0.198 e. The molecule has 1 aliphatic carbocycles. The first-order chi connectivity index (χ1) is 5.16. The molecule has 58 valence electrons. The molecule has 1 rings (SSSR count). The lowest BCUT2D eigenvalue weighted by Crippen LogP contribution is -2.12. The summed E-state index contributed by atoms with van der Waals surface area (Å²) in [5.74, 6) is 0.476. The van der Waals surface area contributed by atoms with Gasteiger partial charge in [-0.1, -0.05) is 30.2 Å². The van der Waals surface area contributed by atoms with Crippen LogP contribution >= 0.6 is 0 Å². The van der Waals surface area contributed by atoms with Gasteiger partial charge in [0, 0.05) is 0 Å². The molecule has 1 heteroatoms. The van der Waals surface area contributed by atoms with E-state index in [1.807, 2.05) is 12.2 Å². The van der Waals surface area contributed by atoms with E-state index in [4.69, 9.17) is 5.26 Å². The van der Waals surface area contributed by atoms with Crippen molar-refractivity contribution < 1.29 is 0 Å². The van der Waals surface area contributed by atoms with Crippen LogP contribution in [0, 0.1) is 23.2 Å². The van der Waals surface area contributed by atoms with E-state index in [1.165, 1.54) is 11.1 Å². The van der Waals surface area contributed by atoms with Gasteiger partial charge in [-0.25, -0.2) is 0 Å². The molecule has 2 atom stereocenters.